The van der Waals surface area contributed by atoms with Gasteiger partial charge in [-0.15, -0.1) is 0 Å². The van der Waals surface area contributed by atoms with E-state index in [-0.39, 0.29) is 6.10 Å². The van der Waals surface area contributed by atoms with Crippen molar-refractivity contribution in [3.05, 3.63) is 42.1 Å². The normalized spacial score (nSPS) is 17.2. The molecule has 1 aliphatic rings. The van der Waals surface area contributed by atoms with Crippen LogP contribution in [0.15, 0.2) is 45.9 Å². The SMILES string of the molecule is CN=C(NCCCOCC1CCCO1)NCc1cc(-c2ccccc2)on1. The molecule has 0 radical (unpaired) electrons. The van der Waals surface area contributed by atoms with Crippen LogP contribution in [-0.4, -0.2) is 50.6 Å². The molecular formula is C20H28N4O3. The minimum absolute atomic E-state index is 0.288. The Bertz CT molecular complexity index is 696. The van der Waals surface area contributed by atoms with Crippen LogP contribution in [0, 0.1) is 0 Å². The average molecular weight is 372 g/mol. The number of nitrogens with one attached hydrogen (secondary N) is 2. The second-order valence-electron chi connectivity index (χ2n) is 6.46. The summed E-state index contributed by atoms with van der Waals surface area (Å²) < 4.78 is 16.6. The van der Waals surface area contributed by atoms with E-state index in [4.69, 9.17) is 14.0 Å². The van der Waals surface area contributed by atoms with Crippen LogP contribution in [0.4, 0.5) is 0 Å². The molecule has 7 heteroatoms. The highest BCUT2D eigenvalue weighted by atomic mass is 16.5. The second kappa shape index (κ2) is 10.7. The molecular weight excluding hydrogens is 344 g/mol. The van der Waals surface area contributed by atoms with Gasteiger partial charge in [-0.25, -0.2) is 0 Å². The summed E-state index contributed by atoms with van der Waals surface area (Å²) in [5.41, 5.74) is 1.85. The molecule has 1 aromatic heterocycles. The maximum Gasteiger partial charge on any atom is 0.191 e. The number of hydrogen-bond acceptors (Lipinski definition) is 5. The Balaban J connectivity index is 1.31. The third kappa shape index (κ3) is 6.37. The van der Waals surface area contributed by atoms with Crippen molar-refractivity contribution in [3.8, 4) is 11.3 Å². The molecule has 1 aliphatic heterocycles. The fraction of sp³-hybridized carbons (Fsp3) is 0.500. The minimum atomic E-state index is 0.288. The number of rotatable bonds is 9. The minimum Gasteiger partial charge on any atom is -0.379 e. The first-order valence-corrected chi connectivity index (χ1v) is 9.50. The van der Waals surface area contributed by atoms with E-state index in [0.717, 1.165) is 55.4 Å². The monoisotopic (exact) mass is 372 g/mol. The van der Waals surface area contributed by atoms with Crippen LogP contribution in [0.2, 0.25) is 0 Å². The van der Waals surface area contributed by atoms with Gasteiger partial charge in [0, 0.05) is 38.4 Å². The van der Waals surface area contributed by atoms with E-state index in [1.807, 2.05) is 36.4 Å². The van der Waals surface area contributed by atoms with E-state index in [1.165, 1.54) is 0 Å². The third-order valence-corrected chi connectivity index (χ3v) is 4.36. The van der Waals surface area contributed by atoms with Gasteiger partial charge in [0.1, 0.15) is 5.69 Å². The Morgan fingerprint density at radius 1 is 1.30 bits per heavy atom. The van der Waals surface area contributed by atoms with E-state index in [0.29, 0.717) is 19.8 Å². The van der Waals surface area contributed by atoms with Gasteiger partial charge in [-0.05, 0) is 19.3 Å². The highest BCUT2D eigenvalue weighted by Crippen LogP contribution is 2.19. The Morgan fingerprint density at radius 3 is 2.96 bits per heavy atom. The first-order chi connectivity index (χ1) is 13.3. The fourth-order valence-corrected chi connectivity index (χ4v) is 2.90. The molecule has 0 aliphatic carbocycles. The lowest BCUT2D eigenvalue weighted by Gasteiger charge is -2.12. The van der Waals surface area contributed by atoms with Crippen LogP contribution in [-0.2, 0) is 16.0 Å². The fourth-order valence-electron chi connectivity index (χ4n) is 2.90. The van der Waals surface area contributed by atoms with Gasteiger partial charge >= 0.3 is 0 Å². The lowest BCUT2D eigenvalue weighted by Crippen LogP contribution is -2.37. The predicted octanol–water partition coefficient (Wildman–Crippen LogP) is 2.59. The largest absolute Gasteiger partial charge is 0.379 e. The zero-order valence-corrected chi connectivity index (χ0v) is 15.8. The average Bonchev–Trinajstić information content (AvgIpc) is 3.39. The molecule has 146 valence electrons. The molecule has 1 aromatic carbocycles. The van der Waals surface area contributed by atoms with Crippen molar-refractivity contribution in [1.29, 1.82) is 0 Å². The summed E-state index contributed by atoms with van der Waals surface area (Å²) in [6.45, 7) is 3.62. The Morgan fingerprint density at radius 2 is 2.19 bits per heavy atom. The molecule has 0 bridgehead atoms. The van der Waals surface area contributed by atoms with Crippen LogP contribution in [0.1, 0.15) is 25.0 Å². The summed E-state index contributed by atoms with van der Waals surface area (Å²) in [7, 11) is 1.75. The predicted molar refractivity (Wildman–Crippen MR) is 105 cm³/mol. The van der Waals surface area contributed by atoms with Crippen molar-refractivity contribution >= 4 is 5.96 Å². The Kier molecular flexibility index (Phi) is 7.68. The molecule has 2 heterocycles. The molecule has 1 atom stereocenters. The lowest BCUT2D eigenvalue weighted by atomic mass is 10.2. The van der Waals surface area contributed by atoms with Crippen LogP contribution >= 0.6 is 0 Å². The number of benzene rings is 1. The molecule has 2 aromatic rings. The van der Waals surface area contributed by atoms with Crippen LogP contribution in [0.5, 0.6) is 0 Å². The Labute approximate surface area is 160 Å². The molecule has 1 saturated heterocycles. The lowest BCUT2D eigenvalue weighted by molar-refractivity contribution is 0.0168. The first-order valence-electron chi connectivity index (χ1n) is 9.50. The molecule has 3 rings (SSSR count). The number of aromatic nitrogens is 1. The van der Waals surface area contributed by atoms with Crippen molar-refractivity contribution in [2.45, 2.75) is 31.9 Å². The van der Waals surface area contributed by atoms with Crippen molar-refractivity contribution in [2.75, 3.05) is 33.4 Å². The maximum atomic E-state index is 5.66. The first kappa shape index (κ1) is 19.4. The number of guanidine groups is 1. The Hall–Kier alpha value is -2.38. The van der Waals surface area contributed by atoms with Gasteiger partial charge in [0.2, 0.25) is 0 Å². The van der Waals surface area contributed by atoms with Gasteiger partial charge in [0.25, 0.3) is 0 Å². The van der Waals surface area contributed by atoms with E-state index in [9.17, 15) is 0 Å². The van der Waals surface area contributed by atoms with Gasteiger partial charge < -0.3 is 24.6 Å². The van der Waals surface area contributed by atoms with E-state index in [2.05, 4.69) is 20.8 Å². The zero-order chi connectivity index (χ0) is 18.7. The van der Waals surface area contributed by atoms with Gasteiger partial charge in [-0.2, -0.15) is 0 Å². The molecule has 2 N–H and O–H groups in total. The van der Waals surface area contributed by atoms with E-state index >= 15 is 0 Å². The molecule has 0 amide bonds. The van der Waals surface area contributed by atoms with Crippen molar-refractivity contribution in [1.82, 2.24) is 15.8 Å². The van der Waals surface area contributed by atoms with Gasteiger partial charge in [0.05, 0.1) is 19.3 Å². The van der Waals surface area contributed by atoms with Crippen molar-refractivity contribution < 1.29 is 14.0 Å². The molecule has 1 fully saturated rings. The molecule has 7 nitrogen and oxygen atoms in total. The number of ether oxygens (including phenoxy) is 2. The van der Waals surface area contributed by atoms with Gasteiger partial charge in [-0.3, -0.25) is 4.99 Å². The third-order valence-electron chi connectivity index (χ3n) is 4.36. The summed E-state index contributed by atoms with van der Waals surface area (Å²) in [4.78, 5) is 4.22. The molecule has 27 heavy (non-hydrogen) atoms. The van der Waals surface area contributed by atoms with Crippen LogP contribution in [0.25, 0.3) is 11.3 Å². The highest BCUT2D eigenvalue weighted by molar-refractivity contribution is 5.79. The maximum absolute atomic E-state index is 5.66. The summed E-state index contributed by atoms with van der Waals surface area (Å²) >= 11 is 0. The van der Waals surface area contributed by atoms with Crippen LogP contribution in [0.3, 0.4) is 0 Å². The molecule has 0 saturated carbocycles. The summed E-state index contributed by atoms with van der Waals surface area (Å²) in [5.74, 6) is 1.50. The van der Waals surface area contributed by atoms with Crippen molar-refractivity contribution in [2.24, 2.45) is 4.99 Å². The van der Waals surface area contributed by atoms with Crippen LogP contribution < -0.4 is 10.6 Å². The summed E-state index contributed by atoms with van der Waals surface area (Å²) in [6, 6.07) is 11.9. The second-order valence-corrected chi connectivity index (χ2v) is 6.46. The standard InChI is InChI=1S/C20H28N4O3/c1-21-20(22-10-6-11-25-15-18-9-5-12-26-18)23-14-17-13-19(27-24-17)16-7-3-2-4-8-16/h2-4,7-8,13,18H,5-6,9-12,14-15H2,1H3,(H2,21,22,23). The smallest absolute Gasteiger partial charge is 0.191 e. The van der Waals surface area contributed by atoms with E-state index in [1.54, 1.807) is 7.05 Å². The topological polar surface area (TPSA) is 80.9 Å². The molecule has 1 unspecified atom stereocenters. The summed E-state index contributed by atoms with van der Waals surface area (Å²) in [6.07, 6.45) is 3.46. The summed E-state index contributed by atoms with van der Waals surface area (Å²) in [5, 5.41) is 10.6. The number of hydrogen-bond donors (Lipinski definition) is 2. The zero-order valence-electron chi connectivity index (χ0n) is 15.8. The number of aliphatic imine (C=N–C) groups is 1. The quantitative estimate of drug-likeness (QED) is 0.400. The highest BCUT2D eigenvalue weighted by Gasteiger charge is 2.14. The molecule has 0 spiro atoms. The van der Waals surface area contributed by atoms with E-state index < -0.39 is 0 Å². The van der Waals surface area contributed by atoms with Crippen molar-refractivity contribution in [3.63, 3.8) is 0 Å². The van der Waals surface area contributed by atoms with Gasteiger partial charge in [0.15, 0.2) is 11.7 Å². The van der Waals surface area contributed by atoms with Gasteiger partial charge in [-0.1, -0.05) is 35.5 Å². The number of nitrogens with zero attached hydrogens (tertiary/aromatic N) is 2.